The Bertz CT molecular complexity index is 383. The Morgan fingerprint density at radius 2 is 2.00 bits per heavy atom. The van der Waals surface area contributed by atoms with E-state index in [9.17, 15) is 5.11 Å². The highest BCUT2D eigenvalue weighted by Crippen LogP contribution is 2.42. The third-order valence-electron chi connectivity index (χ3n) is 2.25. The van der Waals surface area contributed by atoms with Gasteiger partial charge in [0.2, 0.25) is 0 Å². The molecule has 1 aromatic carbocycles. The minimum atomic E-state index is -0.708. The van der Waals surface area contributed by atoms with Gasteiger partial charge in [-0.3, -0.25) is 0 Å². The number of benzene rings is 1. The zero-order valence-electron chi connectivity index (χ0n) is 9.39. The van der Waals surface area contributed by atoms with E-state index in [4.69, 9.17) is 22.1 Å². The van der Waals surface area contributed by atoms with E-state index in [1.807, 2.05) is 6.92 Å². The highest BCUT2D eigenvalue weighted by Gasteiger charge is 2.25. The van der Waals surface area contributed by atoms with Gasteiger partial charge in [-0.05, 0) is 32.4 Å². The first kappa shape index (κ1) is 12.1. The van der Waals surface area contributed by atoms with Crippen LogP contribution in [0.15, 0.2) is 6.07 Å². The lowest BCUT2D eigenvalue weighted by Gasteiger charge is -2.24. The van der Waals surface area contributed by atoms with E-state index in [0.29, 0.717) is 16.3 Å². The molecule has 0 fully saturated rings. The summed E-state index contributed by atoms with van der Waals surface area (Å²) < 4.78 is 5.05. The Balaban J connectivity index is 3.55. The number of hydrogen-bond acceptors (Lipinski definition) is 3. The highest BCUT2D eigenvalue weighted by atomic mass is 35.5. The number of halogens is 1. The molecule has 1 aromatic rings. The zero-order chi connectivity index (χ0) is 11.8. The van der Waals surface area contributed by atoms with Gasteiger partial charge in [-0.2, -0.15) is 0 Å². The van der Waals surface area contributed by atoms with Crippen LogP contribution in [0.2, 0.25) is 5.02 Å². The Kier molecular flexibility index (Phi) is 3.16. The summed E-state index contributed by atoms with van der Waals surface area (Å²) in [6.07, 6.45) is 0. The van der Waals surface area contributed by atoms with Gasteiger partial charge >= 0.3 is 0 Å². The standard InChI is InChI=1S/C11H16ClNO2/c1-6-5-7(15-4)10(14)8(9(6)12)11(2,3)13/h5,14H,13H2,1-4H3. The fourth-order valence-corrected chi connectivity index (χ4v) is 1.88. The first-order valence-corrected chi connectivity index (χ1v) is 5.02. The molecule has 0 spiro atoms. The third-order valence-corrected chi connectivity index (χ3v) is 2.73. The van der Waals surface area contributed by atoms with E-state index in [1.165, 1.54) is 7.11 Å². The minimum Gasteiger partial charge on any atom is -0.504 e. The first-order chi connectivity index (χ1) is 6.79. The van der Waals surface area contributed by atoms with Crippen LogP contribution in [0.5, 0.6) is 11.5 Å². The average molecular weight is 230 g/mol. The van der Waals surface area contributed by atoms with Gasteiger partial charge in [0, 0.05) is 11.1 Å². The summed E-state index contributed by atoms with van der Waals surface area (Å²) in [5.74, 6) is 0.408. The summed E-state index contributed by atoms with van der Waals surface area (Å²) in [6, 6.07) is 1.69. The second-order valence-corrected chi connectivity index (χ2v) is 4.53. The lowest BCUT2D eigenvalue weighted by molar-refractivity contribution is 0.362. The predicted molar refractivity (Wildman–Crippen MR) is 61.6 cm³/mol. The molecule has 0 amide bonds. The second kappa shape index (κ2) is 3.91. The fourth-order valence-electron chi connectivity index (χ4n) is 1.50. The van der Waals surface area contributed by atoms with Crippen LogP contribution in [0.25, 0.3) is 0 Å². The monoisotopic (exact) mass is 229 g/mol. The molecule has 3 N–H and O–H groups in total. The van der Waals surface area contributed by atoms with Crippen LogP contribution < -0.4 is 10.5 Å². The van der Waals surface area contributed by atoms with Gasteiger partial charge in [0.05, 0.1) is 12.1 Å². The Morgan fingerprint density at radius 1 is 1.47 bits per heavy atom. The van der Waals surface area contributed by atoms with Gasteiger partial charge in [0.15, 0.2) is 11.5 Å². The van der Waals surface area contributed by atoms with Crippen molar-refractivity contribution in [3.63, 3.8) is 0 Å². The third kappa shape index (κ3) is 2.19. The predicted octanol–water partition coefficient (Wildman–Crippen LogP) is 2.56. The second-order valence-electron chi connectivity index (χ2n) is 4.16. The lowest BCUT2D eigenvalue weighted by Crippen LogP contribution is -2.29. The Morgan fingerprint density at radius 3 is 2.40 bits per heavy atom. The van der Waals surface area contributed by atoms with Crippen LogP contribution >= 0.6 is 11.6 Å². The van der Waals surface area contributed by atoms with Gasteiger partial charge in [-0.15, -0.1) is 0 Å². The number of phenolic OH excluding ortho intramolecular Hbond substituents is 1. The van der Waals surface area contributed by atoms with Crippen LogP contribution in [0.3, 0.4) is 0 Å². The van der Waals surface area contributed by atoms with E-state index in [2.05, 4.69) is 0 Å². The van der Waals surface area contributed by atoms with Crippen molar-refractivity contribution >= 4 is 11.6 Å². The van der Waals surface area contributed by atoms with Crippen molar-refractivity contribution in [1.29, 1.82) is 0 Å². The average Bonchev–Trinajstić information content (AvgIpc) is 2.09. The number of rotatable bonds is 2. The molecule has 15 heavy (non-hydrogen) atoms. The topological polar surface area (TPSA) is 55.5 Å². The SMILES string of the molecule is COc1cc(C)c(Cl)c(C(C)(C)N)c1O. The molecular formula is C11H16ClNO2. The zero-order valence-corrected chi connectivity index (χ0v) is 10.1. The molecule has 1 rings (SSSR count). The minimum absolute atomic E-state index is 0.0144. The lowest BCUT2D eigenvalue weighted by atomic mass is 9.92. The quantitative estimate of drug-likeness (QED) is 0.820. The molecule has 0 atom stereocenters. The fraction of sp³-hybridized carbons (Fsp3) is 0.455. The van der Waals surface area contributed by atoms with Crippen LogP contribution in [0.1, 0.15) is 25.0 Å². The van der Waals surface area contributed by atoms with Gasteiger partial charge in [0.25, 0.3) is 0 Å². The van der Waals surface area contributed by atoms with Crippen LogP contribution in [0, 0.1) is 6.92 Å². The smallest absolute Gasteiger partial charge is 0.164 e. The van der Waals surface area contributed by atoms with Gasteiger partial charge < -0.3 is 15.6 Å². The largest absolute Gasteiger partial charge is 0.504 e. The van der Waals surface area contributed by atoms with Crippen molar-refractivity contribution in [1.82, 2.24) is 0 Å². The molecular weight excluding hydrogens is 214 g/mol. The van der Waals surface area contributed by atoms with E-state index >= 15 is 0 Å². The van der Waals surface area contributed by atoms with Crippen molar-refractivity contribution in [2.75, 3.05) is 7.11 Å². The van der Waals surface area contributed by atoms with Gasteiger partial charge in [-0.25, -0.2) is 0 Å². The van der Waals surface area contributed by atoms with Crippen LogP contribution in [-0.2, 0) is 5.54 Å². The van der Waals surface area contributed by atoms with Gasteiger partial charge in [0.1, 0.15) is 0 Å². The molecule has 0 heterocycles. The summed E-state index contributed by atoms with van der Waals surface area (Å²) in [4.78, 5) is 0. The van der Waals surface area contributed by atoms with E-state index in [-0.39, 0.29) is 5.75 Å². The van der Waals surface area contributed by atoms with Crippen molar-refractivity contribution in [3.8, 4) is 11.5 Å². The van der Waals surface area contributed by atoms with Crippen molar-refractivity contribution < 1.29 is 9.84 Å². The molecule has 0 aliphatic carbocycles. The van der Waals surface area contributed by atoms with E-state index in [1.54, 1.807) is 19.9 Å². The summed E-state index contributed by atoms with van der Waals surface area (Å²) in [5.41, 5.74) is 6.59. The van der Waals surface area contributed by atoms with E-state index in [0.717, 1.165) is 5.56 Å². The number of aromatic hydroxyl groups is 1. The molecule has 0 aromatic heterocycles. The number of nitrogens with two attached hydrogens (primary N) is 1. The summed E-state index contributed by atoms with van der Waals surface area (Å²) in [5, 5.41) is 10.4. The van der Waals surface area contributed by atoms with Crippen LogP contribution in [-0.4, -0.2) is 12.2 Å². The van der Waals surface area contributed by atoms with Crippen molar-refractivity contribution in [2.45, 2.75) is 26.3 Å². The normalized spacial score (nSPS) is 11.6. The number of ether oxygens (including phenoxy) is 1. The molecule has 0 saturated heterocycles. The molecule has 84 valence electrons. The maximum atomic E-state index is 9.94. The van der Waals surface area contributed by atoms with E-state index < -0.39 is 5.54 Å². The summed E-state index contributed by atoms with van der Waals surface area (Å²) in [7, 11) is 1.50. The Hall–Kier alpha value is -0.930. The number of methoxy groups -OCH3 is 1. The summed E-state index contributed by atoms with van der Waals surface area (Å²) in [6.45, 7) is 5.42. The molecule has 0 saturated carbocycles. The molecule has 0 aliphatic rings. The summed E-state index contributed by atoms with van der Waals surface area (Å²) >= 11 is 6.12. The maximum Gasteiger partial charge on any atom is 0.164 e. The molecule has 0 unspecified atom stereocenters. The number of hydrogen-bond donors (Lipinski definition) is 2. The molecule has 0 aliphatic heterocycles. The van der Waals surface area contributed by atoms with Crippen molar-refractivity contribution in [2.24, 2.45) is 5.73 Å². The van der Waals surface area contributed by atoms with Crippen LogP contribution in [0.4, 0.5) is 0 Å². The molecule has 0 bridgehead atoms. The molecule has 4 heteroatoms. The number of phenols is 1. The van der Waals surface area contributed by atoms with Gasteiger partial charge in [-0.1, -0.05) is 11.6 Å². The highest BCUT2D eigenvalue weighted by molar-refractivity contribution is 6.32. The molecule has 3 nitrogen and oxygen atoms in total. The Labute approximate surface area is 94.8 Å². The molecule has 0 radical (unpaired) electrons. The maximum absolute atomic E-state index is 9.94. The first-order valence-electron chi connectivity index (χ1n) is 4.64. The number of aryl methyl sites for hydroxylation is 1. The van der Waals surface area contributed by atoms with Crippen molar-refractivity contribution in [3.05, 3.63) is 22.2 Å².